The molecule has 0 heterocycles. The largest absolute Gasteiger partial charge is 0.398 e. The summed E-state index contributed by atoms with van der Waals surface area (Å²) in [5.41, 5.74) is 10.1. The number of benzene rings is 2. The van der Waals surface area contributed by atoms with Crippen LogP contribution >= 0.6 is 11.6 Å². The summed E-state index contributed by atoms with van der Waals surface area (Å²) in [4.78, 5) is 0. The molecule has 0 aliphatic carbocycles. The van der Waals surface area contributed by atoms with E-state index in [0.29, 0.717) is 10.7 Å². The van der Waals surface area contributed by atoms with Crippen LogP contribution in [0, 0.1) is 6.92 Å². The number of nitrogens with two attached hydrogens (primary N) is 1. The summed E-state index contributed by atoms with van der Waals surface area (Å²) in [5.74, 6) is 0. The van der Waals surface area contributed by atoms with Crippen LogP contribution < -0.4 is 5.73 Å². The van der Waals surface area contributed by atoms with E-state index >= 15 is 0 Å². The highest BCUT2D eigenvalue weighted by molar-refractivity contribution is 6.33. The van der Waals surface area contributed by atoms with E-state index in [4.69, 9.17) is 17.3 Å². The van der Waals surface area contributed by atoms with Gasteiger partial charge in [-0.05, 0) is 36.6 Å². The molecule has 0 aromatic heterocycles. The molecule has 2 aromatic rings. The zero-order chi connectivity index (χ0) is 11.5. The topological polar surface area (TPSA) is 26.0 Å². The number of anilines is 1. The van der Waals surface area contributed by atoms with Gasteiger partial charge in [0.15, 0.2) is 0 Å². The number of halogens is 1. The molecule has 0 unspecified atom stereocenters. The third kappa shape index (κ3) is 2.56. The molecule has 0 atom stereocenters. The molecule has 0 aliphatic rings. The lowest BCUT2D eigenvalue weighted by Gasteiger charge is -2.05. The van der Waals surface area contributed by atoms with Gasteiger partial charge in [-0.15, -0.1) is 0 Å². The second kappa shape index (κ2) is 4.58. The number of hydrogen-bond acceptors (Lipinski definition) is 1. The Hall–Kier alpha value is -1.47. The summed E-state index contributed by atoms with van der Waals surface area (Å²) in [5, 5.41) is 0.630. The quantitative estimate of drug-likeness (QED) is 0.782. The number of hydrogen-bond donors (Lipinski definition) is 1. The van der Waals surface area contributed by atoms with Crippen molar-refractivity contribution in [1.29, 1.82) is 0 Å². The SMILES string of the molecule is Cc1cccc(Cc2ccc(N)c(Cl)c2)c1. The molecule has 1 nitrogen and oxygen atoms in total. The van der Waals surface area contributed by atoms with Gasteiger partial charge in [0.05, 0.1) is 10.7 Å². The van der Waals surface area contributed by atoms with E-state index in [1.54, 1.807) is 0 Å². The summed E-state index contributed by atoms with van der Waals surface area (Å²) in [6.07, 6.45) is 0.891. The summed E-state index contributed by atoms with van der Waals surface area (Å²) < 4.78 is 0. The minimum Gasteiger partial charge on any atom is -0.398 e. The third-order valence-corrected chi connectivity index (χ3v) is 2.88. The van der Waals surface area contributed by atoms with Gasteiger partial charge >= 0.3 is 0 Å². The maximum absolute atomic E-state index is 5.99. The van der Waals surface area contributed by atoms with E-state index in [1.807, 2.05) is 18.2 Å². The van der Waals surface area contributed by atoms with Crippen molar-refractivity contribution in [3.63, 3.8) is 0 Å². The normalized spacial score (nSPS) is 10.4. The first-order valence-electron chi connectivity index (χ1n) is 5.24. The fourth-order valence-corrected chi connectivity index (χ4v) is 1.94. The molecular weight excluding hydrogens is 218 g/mol. The molecule has 0 spiro atoms. The van der Waals surface area contributed by atoms with Crippen molar-refractivity contribution in [1.82, 2.24) is 0 Å². The van der Waals surface area contributed by atoms with E-state index in [2.05, 4.69) is 31.2 Å². The van der Waals surface area contributed by atoms with E-state index in [0.717, 1.165) is 6.42 Å². The van der Waals surface area contributed by atoms with Crippen molar-refractivity contribution in [3.05, 3.63) is 64.2 Å². The molecule has 82 valence electrons. The fraction of sp³-hybridized carbons (Fsp3) is 0.143. The summed E-state index contributed by atoms with van der Waals surface area (Å²) >= 11 is 5.99. The van der Waals surface area contributed by atoms with Gasteiger partial charge in [0.2, 0.25) is 0 Å². The predicted molar refractivity (Wildman–Crippen MR) is 69.8 cm³/mol. The first kappa shape index (κ1) is 11.0. The molecule has 2 N–H and O–H groups in total. The Labute approximate surface area is 101 Å². The van der Waals surface area contributed by atoms with Crippen LogP contribution in [-0.2, 0) is 6.42 Å². The van der Waals surface area contributed by atoms with Crippen molar-refractivity contribution in [3.8, 4) is 0 Å². The molecule has 0 saturated carbocycles. The predicted octanol–water partition coefficient (Wildman–Crippen LogP) is 3.82. The monoisotopic (exact) mass is 231 g/mol. The molecular formula is C14H14ClN. The Morgan fingerprint density at radius 2 is 1.81 bits per heavy atom. The van der Waals surface area contributed by atoms with Gasteiger partial charge in [-0.25, -0.2) is 0 Å². The average molecular weight is 232 g/mol. The second-order valence-electron chi connectivity index (χ2n) is 4.02. The Morgan fingerprint density at radius 3 is 2.50 bits per heavy atom. The van der Waals surface area contributed by atoms with Crippen LogP contribution in [-0.4, -0.2) is 0 Å². The van der Waals surface area contributed by atoms with Crippen LogP contribution in [0.3, 0.4) is 0 Å². The lowest BCUT2D eigenvalue weighted by molar-refractivity contribution is 1.18. The highest BCUT2D eigenvalue weighted by atomic mass is 35.5. The Morgan fingerprint density at radius 1 is 1.06 bits per heavy atom. The van der Waals surface area contributed by atoms with Gasteiger partial charge in [-0.1, -0.05) is 47.5 Å². The van der Waals surface area contributed by atoms with E-state index in [-0.39, 0.29) is 0 Å². The number of rotatable bonds is 2. The van der Waals surface area contributed by atoms with Crippen LogP contribution in [0.15, 0.2) is 42.5 Å². The van der Waals surface area contributed by atoms with E-state index in [9.17, 15) is 0 Å². The molecule has 2 rings (SSSR count). The van der Waals surface area contributed by atoms with Crippen molar-refractivity contribution >= 4 is 17.3 Å². The average Bonchev–Trinajstić information content (AvgIpc) is 2.24. The summed E-state index contributed by atoms with van der Waals surface area (Å²) in [6.45, 7) is 2.10. The maximum atomic E-state index is 5.99. The zero-order valence-corrected chi connectivity index (χ0v) is 9.96. The molecule has 16 heavy (non-hydrogen) atoms. The molecule has 0 aliphatic heterocycles. The van der Waals surface area contributed by atoms with E-state index < -0.39 is 0 Å². The van der Waals surface area contributed by atoms with Crippen LogP contribution in [0.1, 0.15) is 16.7 Å². The number of aryl methyl sites for hydroxylation is 1. The van der Waals surface area contributed by atoms with Gasteiger partial charge < -0.3 is 5.73 Å². The molecule has 0 amide bonds. The van der Waals surface area contributed by atoms with Gasteiger partial charge in [-0.3, -0.25) is 0 Å². The van der Waals surface area contributed by atoms with Gasteiger partial charge in [0.25, 0.3) is 0 Å². The third-order valence-electron chi connectivity index (χ3n) is 2.56. The maximum Gasteiger partial charge on any atom is 0.0638 e. The molecule has 0 saturated heterocycles. The van der Waals surface area contributed by atoms with Gasteiger partial charge in [0.1, 0.15) is 0 Å². The molecule has 2 aromatic carbocycles. The highest BCUT2D eigenvalue weighted by Crippen LogP contribution is 2.21. The Kier molecular flexibility index (Phi) is 3.16. The molecule has 0 radical (unpaired) electrons. The minimum atomic E-state index is 0.630. The van der Waals surface area contributed by atoms with Crippen LogP contribution in [0.2, 0.25) is 5.02 Å². The Balaban J connectivity index is 2.24. The highest BCUT2D eigenvalue weighted by Gasteiger charge is 2.00. The zero-order valence-electron chi connectivity index (χ0n) is 9.20. The smallest absolute Gasteiger partial charge is 0.0638 e. The first-order valence-corrected chi connectivity index (χ1v) is 5.62. The molecule has 0 bridgehead atoms. The lowest BCUT2D eigenvalue weighted by Crippen LogP contribution is -1.91. The Bertz CT molecular complexity index is 506. The van der Waals surface area contributed by atoms with Crippen molar-refractivity contribution in [2.75, 3.05) is 5.73 Å². The minimum absolute atomic E-state index is 0.630. The van der Waals surface area contributed by atoms with E-state index in [1.165, 1.54) is 16.7 Å². The first-order chi connectivity index (χ1) is 7.65. The van der Waals surface area contributed by atoms with Crippen molar-refractivity contribution < 1.29 is 0 Å². The van der Waals surface area contributed by atoms with Crippen molar-refractivity contribution in [2.45, 2.75) is 13.3 Å². The molecule has 2 heteroatoms. The number of nitrogen functional groups attached to an aromatic ring is 1. The van der Waals surface area contributed by atoms with Gasteiger partial charge in [-0.2, -0.15) is 0 Å². The second-order valence-corrected chi connectivity index (χ2v) is 4.43. The standard InChI is InChI=1S/C14H14ClN/c1-10-3-2-4-11(7-10)8-12-5-6-14(16)13(15)9-12/h2-7,9H,8,16H2,1H3. The molecule has 0 fully saturated rings. The fourth-order valence-electron chi connectivity index (χ4n) is 1.74. The summed E-state index contributed by atoms with van der Waals surface area (Å²) in [7, 11) is 0. The lowest BCUT2D eigenvalue weighted by atomic mass is 10.0. The van der Waals surface area contributed by atoms with Crippen LogP contribution in [0.25, 0.3) is 0 Å². The van der Waals surface area contributed by atoms with Crippen LogP contribution in [0.4, 0.5) is 5.69 Å². The van der Waals surface area contributed by atoms with Crippen molar-refractivity contribution in [2.24, 2.45) is 0 Å². The van der Waals surface area contributed by atoms with Gasteiger partial charge in [0, 0.05) is 0 Å². The summed E-state index contributed by atoms with van der Waals surface area (Å²) in [6, 6.07) is 14.3. The van der Waals surface area contributed by atoms with Crippen LogP contribution in [0.5, 0.6) is 0 Å².